The second-order valence-corrected chi connectivity index (χ2v) is 5.50. The molecule has 4 aromatic rings. The van der Waals surface area contributed by atoms with Crippen molar-refractivity contribution in [3.05, 3.63) is 72.3 Å². The highest BCUT2D eigenvalue weighted by molar-refractivity contribution is 6.14. The topological polar surface area (TPSA) is 26.0 Å². The molecule has 0 aliphatic heterocycles. The van der Waals surface area contributed by atoms with Crippen molar-refractivity contribution in [2.24, 2.45) is 5.73 Å². The van der Waals surface area contributed by atoms with Crippen molar-refractivity contribution in [2.45, 2.75) is 6.42 Å². The average Bonchev–Trinajstić information content (AvgIpc) is 2.55. The van der Waals surface area contributed by atoms with E-state index in [1.165, 1.54) is 37.9 Å². The molecule has 0 amide bonds. The average molecular weight is 271 g/mol. The van der Waals surface area contributed by atoms with E-state index in [-0.39, 0.29) is 0 Å². The molecule has 0 fully saturated rings. The van der Waals surface area contributed by atoms with Crippen LogP contribution in [-0.4, -0.2) is 6.54 Å². The molecular formula is C20H17N. The summed E-state index contributed by atoms with van der Waals surface area (Å²) in [6.07, 6.45) is 0.913. The van der Waals surface area contributed by atoms with Gasteiger partial charge in [-0.05, 0) is 56.9 Å². The first-order chi connectivity index (χ1) is 10.4. The molecule has 2 N–H and O–H groups in total. The zero-order valence-corrected chi connectivity index (χ0v) is 11.8. The Hall–Kier alpha value is -2.38. The molecule has 0 atom stereocenters. The van der Waals surface area contributed by atoms with Crippen molar-refractivity contribution in [3.8, 4) is 0 Å². The molecule has 0 radical (unpaired) electrons. The van der Waals surface area contributed by atoms with Gasteiger partial charge >= 0.3 is 0 Å². The monoisotopic (exact) mass is 271 g/mol. The Morgan fingerprint density at radius 3 is 2.14 bits per heavy atom. The Kier molecular flexibility index (Phi) is 2.87. The predicted octanol–water partition coefficient (Wildman–Crippen LogP) is 4.65. The zero-order valence-electron chi connectivity index (χ0n) is 11.8. The molecule has 0 unspecified atom stereocenters. The molecule has 0 spiro atoms. The number of fused-ring (bicyclic) bond motifs is 4. The molecule has 1 heteroatoms. The first kappa shape index (κ1) is 12.4. The normalized spacial score (nSPS) is 11.5. The highest BCUT2D eigenvalue weighted by atomic mass is 14.5. The van der Waals surface area contributed by atoms with Crippen LogP contribution < -0.4 is 5.73 Å². The van der Waals surface area contributed by atoms with Crippen LogP contribution in [0.1, 0.15) is 5.56 Å². The van der Waals surface area contributed by atoms with Crippen LogP contribution in [0.15, 0.2) is 66.7 Å². The maximum absolute atomic E-state index is 5.86. The lowest BCUT2D eigenvalue weighted by Gasteiger charge is -2.12. The summed E-state index contributed by atoms with van der Waals surface area (Å²) >= 11 is 0. The van der Waals surface area contributed by atoms with Gasteiger partial charge in [0.2, 0.25) is 0 Å². The SMILES string of the molecule is NCCc1c2ccccc2cc2c1ccc1ccccc12. The molecule has 0 bridgehead atoms. The van der Waals surface area contributed by atoms with Crippen LogP contribution in [0.2, 0.25) is 0 Å². The van der Waals surface area contributed by atoms with Crippen molar-refractivity contribution in [3.63, 3.8) is 0 Å². The standard InChI is InChI=1S/C20H17N/c21-12-11-19-17-8-4-2-6-15(17)13-20-16-7-3-1-5-14(16)9-10-18(19)20/h1-10,13H,11-12,21H2. The third-order valence-corrected chi connectivity index (χ3v) is 4.28. The van der Waals surface area contributed by atoms with E-state index in [1.54, 1.807) is 0 Å². The Balaban J connectivity index is 2.24. The molecule has 0 saturated carbocycles. The van der Waals surface area contributed by atoms with Gasteiger partial charge in [0, 0.05) is 0 Å². The third kappa shape index (κ3) is 1.90. The minimum atomic E-state index is 0.677. The molecule has 0 saturated heterocycles. The quantitative estimate of drug-likeness (QED) is 0.417. The van der Waals surface area contributed by atoms with E-state index in [4.69, 9.17) is 5.73 Å². The first-order valence-electron chi connectivity index (χ1n) is 7.40. The lowest BCUT2D eigenvalue weighted by Crippen LogP contribution is -2.04. The van der Waals surface area contributed by atoms with E-state index in [0.29, 0.717) is 6.54 Å². The van der Waals surface area contributed by atoms with Crippen LogP contribution in [0.4, 0.5) is 0 Å². The van der Waals surface area contributed by atoms with E-state index < -0.39 is 0 Å². The first-order valence-corrected chi connectivity index (χ1v) is 7.40. The van der Waals surface area contributed by atoms with Gasteiger partial charge in [0.05, 0.1) is 0 Å². The van der Waals surface area contributed by atoms with E-state index in [9.17, 15) is 0 Å². The van der Waals surface area contributed by atoms with Crippen LogP contribution >= 0.6 is 0 Å². The van der Waals surface area contributed by atoms with Crippen molar-refractivity contribution >= 4 is 32.3 Å². The maximum atomic E-state index is 5.86. The fraction of sp³-hybridized carbons (Fsp3) is 0.100. The highest BCUT2D eigenvalue weighted by Crippen LogP contribution is 2.33. The summed E-state index contributed by atoms with van der Waals surface area (Å²) in [5.41, 5.74) is 7.23. The smallest absolute Gasteiger partial charge is 0.00363 e. The predicted molar refractivity (Wildman–Crippen MR) is 91.7 cm³/mol. The van der Waals surface area contributed by atoms with Gasteiger partial charge in [-0.3, -0.25) is 0 Å². The van der Waals surface area contributed by atoms with Gasteiger partial charge < -0.3 is 5.73 Å². The van der Waals surface area contributed by atoms with Crippen LogP contribution in [0, 0.1) is 0 Å². The van der Waals surface area contributed by atoms with Crippen molar-refractivity contribution in [1.29, 1.82) is 0 Å². The fourth-order valence-corrected chi connectivity index (χ4v) is 3.33. The summed E-state index contributed by atoms with van der Waals surface area (Å²) in [7, 11) is 0. The van der Waals surface area contributed by atoms with Crippen molar-refractivity contribution in [2.75, 3.05) is 6.54 Å². The Bertz CT molecular complexity index is 954. The summed E-state index contributed by atoms with van der Waals surface area (Å²) in [4.78, 5) is 0. The van der Waals surface area contributed by atoms with Gasteiger partial charge in [-0.2, -0.15) is 0 Å². The molecule has 0 aliphatic rings. The van der Waals surface area contributed by atoms with Crippen molar-refractivity contribution in [1.82, 2.24) is 0 Å². The van der Waals surface area contributed by atoms with E-state index in [0.717, 1.165) is 6.42 Å². The molecule has 21 heavy (non-hydrogen) atoms. The number of rotatable bonds is 2. The zero-order chi connectivity index (χ0) is 14.2. The van der Waals surface area contributed by atoms with Crippen molar-refractivity contribution < 1.29 is 0 Å². The van der Waals surface area contributed by atoms with Gasteiger partial charge in [0.25, 0.3) is 0 Å². The molecular weight excluding hydrogens is 254 g/mol. The second kappa shape index (κ2) is 4.87. The van der Waals surface area contributed by atoms with Gasteiger partial charge in [-0.15, -0.1) is 0 Å². The lowest BCUT2D eigenvalue weighted by molar-refractivity contribution is 0.985. The Labute approximate surface area is 124 Å². The summed E-state index contributed by atoms with van der Waals surface area (Å²) in [6.45, 7) is 0.677. The van der Waals surface area contributed by atoms with Gasteiger partial charge in [0.15, 0.2) is 0 Å². The van der Waals surface area contributed by atoms with Crippen LogP contribution in [0.3, 0.4) is 0 Å². The Morgan fingerprint density at radius 1 is 0.619 bits per heavy atom. The highest BCUT2D eigenvalue weighted by Gasteiger charge is 2.09. The Morgan fingerprint density at radius 2 is 1.33 bits per heavy atom. The van der Waals surface area contributed by atoms with Gasteiger partial charge in [-0.25, -0.2) is 0 Å². The molecule has 4 aromatic carbocycles. The number of benzene rings is 4. The molecule has 0 heterocycles. The molecule has 4 rings (SSSR count). The molecule has 0 aliphatic carbocycles. The maximum Gasteiger partial charge on any atom is -0.00363 e. The fourth-order valence-electron chi connectivity index (χ4n) is 3.33. The molecule has 1 nitrogen and oxygen atoms in total. The minimum absolute atomic E-state index is 0.677. The lowest BCUT2D eigenvalue weighted by atomic mass is 9.92. The van der Waals surface area contributed by atoms with Crippen LogP contribution in [-0.2, 0) is 6.42 Å². The van der Waals surface area contributed by atoms with Crippen LogP contribution in [0.25, 0.3) is 32.3 Å². The summed E-state index contributed by atoms with van der Waals surface area (Å²) < 4.78 is 0. The molecule has 0 aromatic heterocycles. The molecule has 102 valence electrons. The van der Waals surface area contributed by atoms with Crippen LogP contribution in [0.5, 0.6) is 0 Å². The van der Waals surface area contributed by atoms with Gasteiger partial charge in [0.1, 0.15) is 0 Å². The largest absolute Gasteiger partial charge is 0.330 e. The number of hydrogen-bond acceptors (Lipinski definition) is 1. The number of nitrogens with two attached hydrogens (primary N) is 1. The summed E-state index contributed by atoms with van der Waals surface area (Å²) in [5, 5.41) is 7.89. The summed E-state index contributed by atoms with van der Waals surface area (Å²) in [5.74, 6) is 0. The van der Waals surface area contributed by atoms with E-state index in [2.05, 4.69) is 66.7 Å². The second-order valence-electron chi connectivity index (χ2n) is 5.50. The minimum Gasteiger partial charge on any atom is -0.330 e. The van der Waals surface area contributed by atoms with E-state index in [1.807, 2.05) is 0 Å². The third-order valence-electron chi connectivity index (χ3n) is 4.28. The van der Waals surface area contributed by atoms with Gasteiger partial charge in [-0.1, -0.05) is 60.7 Å². The summed E-state index contributed by atoms with van der Waals surface area (Å²) in [6, 6.07) is 24.0. The number of hydrogen-bond donors (Lipinski definition) is 1. The van der Waals surface area contributed by atoms with E-state index >= 15 is 0 Å².